The van der Waals surface area contributed by atoms with Crippen molar-refractivity contribution < 1.29 is 0 Å². The molecule has 1 fully saturated rings. The predicted octanol–water partition coefficient (Wildman–Crippen LogP) is -0.161. The van der Waals surface area contributed by atoms with Gasteiger partial charge in [0.2, 0.25) is 0 Å². The van der Waals surface area contributed by atoms with Crippen LogP contribution in [0.5, 0.6) is 0 Å². The topological polar surface area (TPSA) is 50.1 Å². The highest BCUT2D eigenvalue weighted by molar-refractivity contribution is 4.68. The van der Waals surface area contributed by atoms with Crippen molar-refractivity contribution in [1.29, 1.82) is 0 Å². The average Bonchev–Trinajstić information content (AvgIpc) is 2.03. The van der Waals surface area contributed by atoms with Crippen molar-refractivity contribution in [1.82, 2.24) is 10.7 Å². The number of nitrogens with one attached hydrogen (secondary N) is 2. The van der Waals surface area contributed by atoms with Gasteiger partial charge in [-0.1, -0.05) is 0 Å². The smallest absolute Gasteiger partial charge is 0.0100 e. The lowest BCUT2D eigenvalue weighted by atomic mass is 9.95. The van der Waals surface area contributed by atoms with Gasteiger partial charge in [0.1, 0.15) is 0 Å². The summed E-state index contributed by atoms with van der Waals surface area (Å²) < 4.78 is 0. The quantitative estimate of drug-likeness (QED) is 0.380. The molecular formula is C7H17N3. The molecule has 1 rings (SSSR count). The molecule has 0 aliphatic carbocycles. The van der Waals surface area contributed by atoms with Crippen LogP contribution in [0.1, 0.15) is 19.3 Å². The van der Waals surface area contributed by atoms with Crippen LogP contribution in [0.25, 0.3) is 0 Å². The largest absolute Gasteiger partial charge is 0.317 e. The molecule has 0 radical (unpaired) electrons. The Kier molecular flexibility index (Phi) is 3.72. The minimum absolute atomic E-state index is 0.900. The Morgan fingerprint density at radius 3 is 2.70 bits per heavy atom. The van der Waals surface area contributed by atoms with Crippen LogP contribution >= 0.6 is 0 Å². The second-order valence-electron chi connectivity index (χ2n) is 2.94. The highest BCUT2D eigenvalue weighted by Gasteiger charge is 2.11. The van der Waals surface area contributed by atoms with E-state index in [9.17, 15) is 0 Å². The average molecular weight is 143 g/mol. The van der Waals surface area contributed by atoms with Gasteiger partial charge in [0, 0.05) is 6.54 Å². The lowest BCUT2D eigenvalue weighted by molar-refractivity contribution is 0.349. The highest BCUT2D eigenvalue weighted by atomic mass is 15.2. The van der Waals surface area contributed by atoms with Gasteiger partial charge >= 0.3 is 0 Å². The van der Waals surface area contributed by atoms with E-state index in [1.165, 1.54) is 32.4 Å². The number of hydrogen-bond acceptors (Lipinski definition) is 3. The van der Waals surface area contributed by atoms with Gasteiger partial charge in [0.15, 0.2) is 0 Å². The maximum absolute atomic E-state index is 5.18. The van der Waals surface area contributed by atoms with E-state index in [0.29, 0.717) is 0 Å². The molecule has 0 unspecified atom stereocenters. The Hall–Kier alpha value is -0.120. The molecule has 1 heterocycles. The van der Waals surface area contributed by atoms with E-state index in [4.69, 9.17) is 5.84 Å². The Balaban J connectivity index is 2.02. The van der Waals surface area contributed by atoms with Crippen molar-refractivity contribution in [3.63, 3.8) is 0 Å². The molecule has 1 aliphatic rings. The van der Waals surface area contributed by atoms with E-state index >= 15 is 0 Å². The van der Waals surface area contributed by atoms with Crippen LogP contribution in [0.4, 0.5) is 0 Å². The zero-order valence-corrected chi connectivity index (χ0v) is 6.40. The molecule has 0 saturated carbocycles. The minimum atomic E-state index is 0.900. The SMILES string of the molecule is NNCCC1CCNCC1. The molecule has 60 valence electrons. The van der Waals surface area contributed by atoms with Crippen LogP contribution in [0.2, 0.25) is 0 Å². The van der Waals surface area contributed by atoms with Crippen molar-refractivity contribution in [2.75, 3.05) is 19.6 Å². The fourth-order valence-electron chi connectivity index (χ4n) is 1.46. The summed E-state index contributed by atoms with van der Waals surface area (Å²) in [4.78, 5) is 0. The summed E-state index contributed by atoms with van der Waals surface area (Å²) in [5, 5.41) is 3.34. The van der Waals surface area contributed by atoms with E-state index in [-0.39, 0.29) is 0 Å². The predicted molar refractivity (Wildman–Crippen MR) is 42.4 cm³/mol. The van der Waals surface area contributed by atoms with E-state index in [1.54, 1.807) is 0 Å². The van der Waals surface area contributed by atoms with Crippen molar-refractivity contribution in [2.45, 2.75) is 19.3 Å². The fraction of sp³-hybridized carbons (Fsp3) is 1.00. The molecule has 3 heteroatoms. The summed E-state index contributed by atoms with van der Waals surface area (Å²) in [5.74, 6) is 6.08. The molecule has 0 aromatic rings. The number of piperidine rings is 1. The van der Waals surface area contributed by atoms with E-state index < -0.39 is 0 Å². The fourth-order valence-corrected chi connectivity index (χ4v) is 1.46. The van der Waals surface area contributed by atoms with Gasteiger partial charge in [-0.25, -0.2) is 0 Å². The van der Waals surface area contributed by atoms with Crippen molar-refractivity contribution in [3.05, 3.63) is 0 Å². The zero-order chi connectivity index (χ0) is 7.23. The molecular weight excluding hydrogens is 126 g/mol. The first kappa shape index (κ1) is 7.98. The van der Waals surface area contributed by atoms with E-state index in [0.717, 1.165) is 12.5 Å². The van der Waals surface area contributed by atoms with Crippen LogP contribution in [0.3, 0.4) is 0 Å². The molecule has 0 aromatic carbocycles. The lowest BCUT2D eigenvalue weighted by Crippen LogP contribution is -2.31. The summed E-state index contributed by atoms with van der Waals surface area (Å²) >= 11 is 0. The molecule has 0 spiro atoms. The number of hydrazine groups is 1. The molecule has 0 aromatic heterocycles. The summed E-state index contributed by atoms with van der Waals surface area (Å²) in [6.45, 7) is 3.34. The van der Waals surface area contributed by atoms with Gasteiger partial charge in [-0.2, -0.15) is 0 Å². The maximum Gasteiger partial charge on any atom is 0.0100 e. The third-order valence-corrected chi connectivity index (χ3v) is 2.16. The van der Waals surface area contributed by atoms with Crippen LogP contribution < -0.4 is 16.6 Å². The van der Waals surface area contributed by atoms with E-state index in [2.05, 4.69) is 10.7 Å². The van der Waals surface area contributed by atoms with Crippen molar-refractivity contribution in [2.24, 2.45) is 11.8 Å². The second-order valence-corrected chi connectivity index (χ2v) is 2.94. The Labute approximate surface area is 62.3 Å². The standard InChI is InChI=1S/C7H17N3/c8-10-6-3-7-1-4-9-5-2-7/h7,9-10H,1-6,8H2. The molecule has 0 amide bonds. The summed E-state index contributed by atoms with van der Waals surface area (Å²) in [6, 6.07) is 0. The molecule has 4 N–H and O–H groups in total. The van der Waals surface area contributed by atoms with Crippen molar-refractivity contribution >= 4 is 0 Å². The monoisotopic (exact) mass is 143 g/mol. The van der Waals surface area contributed by atoms with Crippen molar-refractivity contribution in [3.8, 4) is 0 Å². The highest BCUT2D eigenvalue weighted by Crippen LogP contribution is 2.14. The van der Waals surface area contributed by atoms with Gasteiger partial charge in [-0.05, 0) is 38.3 Å². The molecule has 0 atom stereocenters. The molecule has 1 saturated heterocycles. The molecule has 10 heavy (non-hydrogen) atoms. The second kappa shape index (κ2) is 4.66. The Morgan fingerprint density at radius 2 is 2.10 bits per heavy atom. The zero-order valence-electron chi connectivity index (χ0n) is 6.40. The van der Waals surface area contributed by atoms with Gasteiger partial charge in [-0.15, -0.1) is 0 Å². The third-order valence-electron chi connectivity index (χ3n) is 2.16. The molecule has 1 aliphatic heterocycles. The number of hydrogen-bond donors (Lipinski definition) is 3. The number of nitrogens with two attached hydrogens (primary N) is 1. The first-order chi connectivity index (χ1) is 4.93. The lowest BCUT2D eigenvalue weighted by Gasteiger charge is -2.21. The van der Waals surface area contributed by atoms with Crippen LogP contribution in [-0.2, 0) is 0 Å². The minimum Gasteiger partial charge on any atom is -0.317 e. The maximum atomic E-state index is 5.18. The van der Waals surface area contributed by atoms with Gasteiger partial charge in [0.05, 0.1) is 0 Å². The third kappa shape index (κ3) is 2.64. The number of rotatable bonds is 3. The van der Waals surface area contributed by atoms with Crippen LogP contribution in [0.15, 0.2) is 0 Å². The summed E-state index contributed by atoms with van der Waals surface area (Å²) in [6.07, 6.45) is 3.88. The normalized spacial score (nSPS) is 21.3. The molecule has 0 bridgehead atoms. The van der Waals surface area contributed by atoms with E-state index in [1.807, 2.05) is 0 Å². The summed E-state index contributed by atoms with van der Waals surface area (Å²) in [5.41, 5.74) is 2.69. The Morgan fingerprint density at radius 1 is 1.40 bits per heavy atom. The first-order valence-electron chi connectivity index (χ1n) is 4.07. The van der Waals surface area contributed by atoms with Gasteiger partial charge in [-0.3, -0.25) is 11.3 Å². The van der Waals surface area contributed by atoms with Crippen LogP contribution in [-0.4, -0.2) is 19.6 Å². The molecule has 3 nitrogen and oxygen atoms in total. The van der Waals surface area contributed by atoms with Gasteiger partial charge < -0.3 is 5.32 Å². The first-order valence-corrected chi connectivity index (χ1v) is 4.07. The van der Waals surface area contributed by atoms with Crippen LogP contribution in [0, 0.1) is 5.92 Å². The Bertz CT molecular complexity index is 78.9. The van der Waals surface area contributed by atoms with Gasteiger partial charge in [0.25, 0.3) is 0 Å². The summed E-state index contributed by atoms with van der Waals surface area (Å²) in [7, 11) is 0.